The van der Waals surface area contributed by atoms with Crippen molar-refractivity contribution in [1.82, 2.24) is 4.98 Å². The molecule has 1 atom stereocenters. The molecule has 0 aliphatic carbocycles. The maximum Gasteiger partial charge on any atom is 0.160 e. The number of benzene rings is 1. The summed E-state index contributed by atoms with van der Waals surface area (Å²) < 4.78 is 5.31. The highest BCUT2D eigenvalue weighted by molar-refractivity contribution is 6.30. The van der Waals surface area contributed by atoms with Crippen molar-refractivity contribution in [2.45, 2.75) is 19.9 Å². The fraction of sp³-hybridized carbons (Fsp3) is 0.267. The third kappa shape index (κ3) is 3.38. The van der Waals surface area contributed by atoms with Crippen LogP contribution in [0.25, 0.3) is 0 Å². The number of hydrogen-bond acceptors (Lipinski definition) is 3. The topological polar surface area (TPSA) is 34.1 Å². The van der Waals surface area contributed by atoms with E-state index < -0.39 is 0 Å². The molecule has 1 aromatic carbocycles. The molecule has 0 aliphatic heterocycles. The van der Waals surface area contributed by atoms with Crippen molar-refractivity contribution < 1.29 is 4.74 Å². The molecular formula is C15H17ClN2O. The summed E-state index contributed by atoms with van der Waals surface area (Å²) in [6.45, 7) is 4.05. The van der Waals surface area contributed by atoms with Gasteiger partial charge in [-0.15, -0.1) is 0 Å². The van der Waals surface area contributed by atoms with Gasteiger partial charge in [-0.3, -0.25) is 4.98 Å². The van der Waals surface area contributed by atoms with Crippen molar-refractivity contribution in [3.63, 3.8) is 0 Å². The van der Waals surface area contributed by atoms with Crippen molar-refractivity contribution in [2.24, 2.45) is 0 Å². The van der Waals surface area contributed by atoms with Crippen LogP contribution in [0.15, 0.2) is 36.5 Å². The lowest BCUT2D eigenvalue weighted by atomic mass is 10.1. The van der Waals surface area contributed by atoms with Crippen LogP contribution in [-0.4, -0.2) is 12.1 Å². The van der Waals surface area contributed by atoms with E-state index in [0.717, 1.165) is 22.2 Å². The quantitative estimate of drug-likeness (QED) is 0.908. The van der Waals surface area contributed by atoms with Gasteiger partial charge >= 0.3 is 0 Å². The van der Waals surface area contributed by atoms with Crippen LogP contribution in [0, 0.1) is 6.92 Å². The number of ether oxygens (including phenoxy) is 1. The Morgan fingerprint density at radius 1 is 1.26 bits per heavy atom. The minimum absolute atomic E-state index is 0.160. The van der Waals surface area contributed by atoms with Crippen LogP contribution in [0.2, 0.25) is 5.02 Å². The average Bonchev–Trinajstić information content (AvgIpc) is 2.39. The standard InChI is InChI=1S/C15H17ClN2O/c1-10-8-14(15(19-3)9-17-10)18-11(2)12-4-6-13(16)7-5-12/h4-9,11H,1-3H3,(H,17,18). The average molecular weight is 277 g/mol. The molecule has 100 valence electrons. The molecule has 1 heterocycles. The number of methoxy groups -OCH3 is 1. The highest BCUT2D eigenvalue weighted by Crippen LogP contribution is 2.28. The zero-order chi connectivity index (χ0) is 13.8. The van der Waals surface area contributed by atoms with E-state index >= 15 is 0 Å². The van der Waals surface area contributed by atoms with Crippen molar-refractivity contribution in [3.8, 4) is 5.75 Å². The first-order valence-electron chi connectivity index (χ1n) is 6.13. The van der Waals surface area contributed by atoms with Gasteiger partial charge in [-0.1, -0.05) is 23.7 Å². The zero-order valence-corrected chi connectivity index (χ0v) is 12.0. The van der Waals surface area contributed by atoms with Crippen LogP contribution in [-0.2, 0) is 0 Å². The molecule has 0 bridgehead atoms. The van der Waals surface area contributed by atoms with E-state index in [9.17, 15) is 0 Å². The van der Waals surface area contributed by atoms with E-state index in [1.165, 1.54) is 5.56 Å². The predicted molar refractivity (Wildman–Crippen MR) is 79.0 cm³/mol. The first-order chi connectivity index (χ1) is 9.10. The number of aryl methyl sites for hydroxylation is 1. The van der Waals surface area contributed by atoms with Gasteiger partial charge in [-0.05, 0) is 37.6 Å². The van der Waals surface area contributed by atoms with E-state index in [1.807, 2.05) is 37.3 Å². The van der Waals surface area contributed by atoms with Gasteiger partial charge in [-0.2, -0.15) is 0 Å². The normalized spacial score (nSPS) is 12.0. The maximum absolute atomic E-state index is 5.90. The minimum atomic E-state index is 0.160. The summed E-state index contributed by atoms with van der Waals surface area (Å²) in [7, 11) is 1.64. The summed E-state index contributed by atoms with van der Waals surface area (Å²) in [5.74, 6) is 0.742. The van der Waals surface area contributed by atoms with E-state index in [0.29, 0.717) is 0 Å². The lowest BCUT2D eigenvalue weighted by molar-refractivity contribution is 0.414. The van der Waals surface area contributed by atoms with Gasteiger partial charge < -0.3 is 10.1 Å². The van der Waals surface area contributed by atoms with Crippen LogP contribution in [0.4, 0.5) is 5.69 Å². The second-order valence-electron chi connectivity index (χ2n) is 4.44. The number of aromatic nitrogens is 1. The first-order valence-corrected chi connectivity index (χ1v) is 6.50. The number of anilines is 1. The summed E-state index contributed by atoms with van der Waals surface area (Å²) >= 11 is 5.90. The van der Waals surface area contributed by atoms with Gasteiger partial charge in [0.05, 0.1) is 19.0 Å². The molecule has 0 amide bonds. The molecule has 0 radical (unpaired) electrons. The van der Waals surface area contributed by atoms with E-state index in [1.54, 1.807) is 13.3 Å². The summed E-state index contributed by atoms with van der Waals surface area (Å²) in [5, 5.41) is 4.17. The second kappa shape index (κ2) is 5.93. The Balaban J connectivity index is 2.20. The monoisotopic (exact) mass is 276 g/mol. The molecule has 0 saturated carbocycles. The molecule has 4 heteroatoms. The molecule has 0 saturated heterocycles. The first kappa shape index (κ1) is 13.7. The Bertz CT molecular complexity index is 555. The molecule has 0 spiro atoms. The number of hydrogen-bond donors (Lipinski definition) is 1. The highest BCUT2D eigenvalue weighted by atomic mass is 35.5. The van der Waals surface area contributed by atoms with Crippen molar-refractivity contribution in [3.05, 3.63) is 52.8 Å². The van der Waals surface area contributed by atoms with Crippen molar-refractivity contribution >= 4 is 17.3 Å². The molecule has 2 aromatic rings. The fourth-order valence-electron chi connectivity index (χ4n) is 1.89. The van der Waals surface area contributed by atoms with Gasteiger partial charge in [0, 0.05) is 16.8 Å². The Hall–Kier alpha value is -1.74. The van der Waals surface area contributed by atoms with E-state index in [4.69, 9.17) is 16.3 Å². The summed E-state index contributed by atoms with van der Waals surface area (Å²) in [4.78, 5) is 4.22. The number of rotatable bonds is 4. The van der Waals surface area contributed by atoms with Crippen molar-refractivity contribution in [1.29, 1.82) is 0 Å². The second-order valence-corrected chi connectivity index (χ2v) is 4.88. The molecule has 1 aromatic heterocycles. The third-order valence-electron chi connectivity index (χ3n) is 2.97. The SMILES string of the molecule is COc1cnc(C)cc1NC(C)c1ccc(Cl)cc1. The Labute approximate surface area is 118 Å². The molecule has 3 nitrogen and oxygen atoms in total. The van der Waals surface area contributed by atoms with Gasteiger partial charge in [-0.25, -0.2) is 0 Å². The zero-order valence-electron chi connectivity index (χ0n) is 11.3. The molecule has 2 rings (SSSR count). The van der Waals surface area contributed by atoms with E-state index in [-0.39, 0.29) is 6.04 Å². The Morgan fingerprint density at radius 2 is 1.95 bits per heavy atom. The molecule has 19 heavy (non-hydrogen) atoms. The van der Waals surface area contributed by atoms with Crippen LogP contribution in [0.1, 0.15) is 24.2 Å². The summed E-state index contributed by atoms with van der Waals surface area (Å²) in [6, 6.07) is 9.95. The lowest BCUT2D eigenvalue weighted by Gasteiger charge is -2.18. The van der Waals surface area contributed by atoms with Gasteiger partial charge in [0.2, 0.25) is 0 Å². The summed E-state index contributed by atoms with van der Waals surface area (Å²) in [6.07, 6.45) is 1.73. The van der Waals surface area contributed by atoms with Crippen LogP contribution >= 0.6 is 11.6 Å². The Morgan fingerprint density at radius 3 is 2.58 bits per heavy atom. The maximum atomic E-state index is 5.90. The number of pyridine rings is 1. The number of nitrogens with zero attached hydrogens (tertiary/aromatic N) is 1. The predicted octanol–water partition coefficient (Wildman–Crippen LogP) is 4.23. The van der Waals surface area contributed by atoms with Crippen molar-refractivity contribution in [2.75, 3.05) is 12.4 Å². The number of halogens is 1. The fourth-order valence-corrected chi connectivity index (χ4v) is 2.02. The van der Waals surface area contributed by atoms with Crippen LogP contribution in [0.3, 0.4) is 0 Å². The molecule has 0 fully saturated rings. The third-order valence-corrected chi connectivity index (χ3v) is 3.22. The Kier molecular flexibility index (Phi) is 4.27. The van der Waals surface area contributed by atoms with Gasteiger partial charge in [0.1, 0.15) is 0 Å². The van der Waals surface area contributed by atoms with Gasteiger partial charge in [0.25, 0.3) is 0 Å². The molecular weight excluding hydrogens is 260 g/mol. The number of nitrogens with one attached hydrogen (secondary N) is 1. The minimum Gasteiger partial charge on any atom is -0.493 e. The molecule has 1 N–H and O–H groups in total. The smallest absolute Gasteiger partial charge is 0.160 e. The molecule has 0 aliphatic rings. The summed E-state index contributed by atoms with van der Waals surface area (Å²) in [5.41, 5.74) is 3.06. The van der Waals surface area contributed by atoms with Gasteiger partial charge in [0.15, 0.2) is 5.75 Å². The van der Waals surface area contributed by atoms with E-state index in [2.05, 4.69) is 17.2 Å². The molecule has 1 unspecified atom stereocenters. The largest absolute Gasteiger partial charge is 0.493 e. The van der Waals surface area contributed by atoms with Crippen LogP contribution < -0.4 is 10.1 Å². The van der Waals surface area contributed by atoms with Crippen LogP contribution in [0.5, 0.6) is 5.75 Å². The highest BCUT2D eigenvalue weighted by Gasteiger charge is 2.09. The lowest BCUT2D eigenvalue weighted by Crippen LogP contribution is -2.08.